The summed E-state index contributed by atoms with van der Waals surface area (Å²) >= 11 is 0. The van der Waals surface area contributed by atoms with E-state index in [1.807, 2.05) is 42.5 Å². The molecule has 3 unspecified atom stereocenters. The smallest absolute Gasteiger partial charge is 0.319 e. The van der Waals surface area contributed by atoms with Crippen LogP contribution in [0, 0.1) is 11.7 Å². The molecule has 18 heteroatoms. The first-order valence-electron chi connectivity index (χ1n) is 23.7. The lowest BCUT2D eigenvalue weighted by molar-refractivity contribution is -0.136. The summed E-state index contributed by atoms with van der Waals surface area (Å²) in [5.41, 5.74) is 1.45. The maximum Gasteiger partial charge on any atom is 0.319 e. The number of pyridine rings is 1. The van der Waals surface area contributed by atoms with Crippen LogP contribution in [0.4, 0.5) is 10.2 Å². The molecule has 6 aliphatic heterocycles. The van der Waals surface area contributed by atoms with E-state index in [2.05, 4.69) is 37.7 Å². The van der Waals surface area contributed by atoms with Gasteiger partial charge in [-0.05, 0) is 87.6 Å². The lowest BCUT2D eigenvalue weighted by Crippen LogP contribution is -2.54. The van der Waals surface area contributed by atoms with Crippen LogP contribution in [0.5, 0.6) is 11.8 Å². The second-order valence-corrected chi connectivity index (χ2v) is 19.0. The number of aromatic nitrogens is 3. The predicted octanol–water partition coefficient (Wildman–Crippen LogP) is 3.68. The number of hydrogen-bond acceptors (Lipinski definition) is 14. The van der Waals surface area contributed by atoms with Gasteiger partial charge in [-0.3, -0.25) is 49.0 Å². The van der Waals surface area contributed by atoms with Crippen LogP contribution in [0.3, 0.4) is 0 Å². The summed E-state index contributed by atoms with van der Waals surface area (Å²) in [5, 5.41) is 11.4. The lowest BCUT2D eigenvalue weighted by atomic mass is 9.94. The summed E-state index contributed by atoms with van der Waals surface area (Å²) in [5.74, 6) is -1.94. The first kappa shape index (κ1) is 43.9. The van der Waals surface area contributed by atoms with Crippen LogP contribution in [-0.4, -0.2) is 149 Å². The SMILES string of the molecule is CN1C[C@@H](N2CCC(C(=O)NCCOc3ccc4c(c3)C(=O)N(C3CCC(=O)NC3=O)C4=O)CC2)C[C@H]1COc1nc(N2CC3CCC(C2)N3)c2cnc(-c3cccc4ccccc34)c(F)c2n1. The molecule has 352 valence electrons. The number of piperazine rings is 1. The van der Waals surface area contributed by atoms with Crippen LogP contribution in [0.2, 0.25) is 0 Å². The maximum atomic E-state index is 16.9. The quantitative estimate of drug-likeness (QED) is 0.121. The number of carbonyl (C=O) groups excluding carboxylic acids is 5. The molecule has 3 aromatic carbocycles. The van der Waals surface area contributed by atoms with Gasteiger partial charge in [-0.1, -0.05) is 42.5 Å². The number of rotatable bonds is 12. The number of likely N-dealkylation sites (tertiary alicyclic amines) is 2. The Hall–Kier alpha value is -6.63. The number of carbonyl (C=O) groups is 5. The van der Waals surface area contributed by atoms with Crippen LogP contribution < -0.4 is 30.3 Å². The summed E-state index contributed by atoms with van der Waals surface area (Å²) in [6, 6.07) is 18.4. The van der Waals surface area contributed by atoms with Gasteiger partial charge in [0.15, 0.2) is 5.82 Å². The Labute approximate surface area is 391 Å². The lowest BCUT2D eigenvalue weighted by Gasteiger charge is -2.35. The number of anilines is 1. The van der Waals surface area contributed by atoms with E-state index in [-0.39, 0.29) is 78.3 Å². The fourth-order valence-corrected chi connectivity index (χ4v) is 11.2. The molecule has 0 saturated carbocycles. The number of likely N-dealkylation sites (N-methyl/N-ethyl adjacent to an activating group) is 1. The van der Waals surface area contributed by atoms with Gasteiger partial charge in [-0.15, -0.1) is 0 Å². The van der Waals surface area contributed by atoms with E-state index in [1.165, 1.54) is 12.1 Å². The summed E-state index contributed by atoms with van der Waals surface area (Å²) in [6.45, 7) is 4.70. The molecule has 17 nitrogen and oxygen atoms in total. The Morgan fingerprint density at radius 1 is 0.853 bits per heavy atom. The normalized spacial score (nSPS) is 24.5. The Morgan fingerprint density at radius 2 is 1.63 bits per heavy atom. The average molecular weight is 925 g/mol. The van der Waals surface area contributed by atoms with E-state index in [9.17, 15) is 24.0 Å². The number of nitrogens with zero attached hydrogens (tertiary/aromatic N) is 7. The largest absolute Gasteiger partial charge is 0.492 e. The number of amides is 5. The van der Waals surface area contributed by atoms with Crippen LogP contribution in [-0.2, 0) is 14.4 Å². The number of piperidine rings is 2. The van der Waals surface area contributed by atoms with Crippen LogP contribution in [0.15, 0.2) is 66.9 Å². The number of nitrogens with one attached hydrogen (secondary N) is 3. The highest BCUT2D eigenvalue weighted by molar-refractivity contribution is 6.23. The van der Waals surface area contributed by atoms with Gasteiger partial charge in [0.2, 0.25) is 17.7 Å². The zero-order chi connectivity index (χ0) is 46.6. The summed E-state index contributed by atoms with van der Waals surface area (Å²) in [4.78, 5) is 85.8. The highest BCUT2D eigenvalue weighted by Crippen LogP contribution is 2.37. The van der Waals surface area contributed by atoms with Crippen molar-refractivity contribution in [2.24, 2.45) is 5.92 Å². The molecule has 2 bridgehead atoms. The van der Waals surface area contributed by atoms with Crippen LogP contribution >= 0.6 is 0 Å². The van der Waals surface area contributed by atoms with Gasteiger partial charge in [0.1, 0.15) is 42.0 Å². The van der Waals surface area contributed by atoms with E-state index in [1.54, 1.807) is 12.3 Å². The zero-order valence-electron chi connectivity index (χ0n) is 37.8. The van der Waals surface area contributed by atoms with Gasteiger partial charge in [0, 0.05) is 67.9 Å². The van der Waals surface area contributed by atoms with Crippen molar-refractivity contribution in [1.82, 2.24) is 45.6 Å². The van der Waals surface area contributed by atoms with Gasteiger partial charge in [-0.25, -0.2) is 4.39 Å². The molecule has 5 atom stereocenters. The Balaban J connectivity index is 0.687. The van der Waals surface area contributed by atoms with Crippen molar-refractivity contribution in [3.05, 3.63) is 83.8 Å². The molecule has 2 aromatic heterocycles. The van der Waals surface area contributed by atoms with Crippen molar-refractivity contribution >= 4 is 57.0 Å². The highest BCUT2D eigenvalue weighted by Gasteiger charge is 2.45. The third-order valence-electron chi connectivity index (χ3n) is 14.8. The standard InChI is InChI=1S/C50H53FN10O7/c1-58-26-32(59-18-15-29(16-19-59)46(63)52-17-20-67-34-11-12-37-38(22-34)49(66)61(48(37)65)40-13-14-41(62)55-47(40)64)21-33(58)27-68-50-56-44-39(45(57-50)60-24-30-9-10-31(25-60)54-30)23-53-43(42(44)51)36-8-4-6-28-5-2-3-7-35(28)36/h2-8,11-12,22-23,29-33,40,54H,9-10,13-21,24-27H2,1H3,(H,52,63)(H,55,62,64)/t30?,31?,32-,33-,40?/m0/s1. The third-order valence-corrected chi connectivity index (χ3v) is 14.8. The minimum absolute atomic E-state index is 0.0302. The molecule has 68 heavy (non-hydrogen) atoms. The first-order chi connectivity index (χ1) is 33.1. The Bertz CT molecular complexity index is 2840. The molecule has 3 N–H and O–H groups in total. The number of hydrogen-bond donors (Lipinski definition) is 3. The second kappa shape index (κ2) is 18.1. The van der Waals surface area contributed by atoms with Crippen molar-refractivity contribution in [3.8, 4) is 23.0 Å². The second-order valence-electron chi connectivity index (χ2n) is 19.0. The Morgan fingerprint density at radius 3 is 2.44 bits per heavy atom. The van der Waals surface area contributed by atoms with Crippen LogP contribution in [0.25, 0.3) is 32.9 Å². The molecule has 0 radical (unpaired) electrons. The predicted molar refractivity (Wildman–Crippen MR) is 249 cm³/mol. The monoisotopic (exact) mass is 924 g/mol. The fraction of sp³-hybridized carbons (Fsp3) is 0.440. The maximum absolute atomic E-state index is 16.9. The van der Waals surface area contributed by atoms with Gasteiger partial charge in [-0.2, -0.15) is 9.97 Å². The van der Waals surface area contributed by atoms with Gasteiger partial charge in [0.05, 0.1) is 23.1 Å². The minimum atomic E-state index is -1.04. The van der Waals surface area contributed by atoms with E-state index in [0.717, 1.165) is 80.5 Å². The van der Waals surface area contributed by atoms with E-state index >= 15 is 4.39 Å². The van der Waals surface area contributed by atoms with Crippen LogP contribution in [0.1, 0.15) is 65.7 Å². The molecule has 0 spiro atoms. The molecule has 6 aliphatic rings. The number of imide groups is 2. The molecule has 8 heterocycles. The van der Waals surface area contributed by atoms with Crippen molar-refractivity contribution in [2.45, 2.75) is 75.2 Å². The van der Waals surface area contributed by atoms with E-state index in [4.69, 9.17) is 24.4 Å². The topological polar surface area (TPSA) is 192 Å². The summed E-state index contributed by atoms with van der Waals surface area (Å²) in [6.07, 6.45) is 6.33. The van der Waals surface area contributed by atoms with Gasteiger partial charge in [0.25, 0.3) is 11.8 Å². The first-order valence-corrected chi connectivity index (χ1v) is 23.7. The van der Waals surface area contributed by atoms with Crippen molar-refractivity contribution in [3.63, 3.8) is 0 Å². The molecule has 5 aromatic rings. The number of halogens is 1. The zero-order valence-corrected chi connectivity index (χ0v) is 37.8. The molecule has 0 aliphatic carbocycles. The number of fused-ring (bicyclic) bond motifs is 5. The van der Waals surface area contributed by atoms with Gasteiger partial charge >= 0.3 is 6.01 Å². The molecule has 5 fully saturated rings. The molecule has 11 rings (SSSR count). The van der Waals surface area contributed by atoms with E-state index < -0.39 is 35.5 Å². The van der Waals surface area contributed by atoms with Crippen molar-refractivity contribution in [1.29, 1.82) is 0 Å². The molecule has 5 saturated heterocycles. The molecular formula is C50H53FN10O7. The number of ether oxygens (including phenoxy) is 2. The van der Waals surface area contributed by atoms with Gasteiger partial charge < -0.3 is 25.0 Å². The summed E-state index contributed by atoms with van der Waals surface area (Å²) < 4.78 is 29.1. The molecular weight excluding hydrogens is 872 g/mol. The van der Waals surface area contributed by atoms with Crippen molar-refractivity contribution in [2.75, 3.05) is 64.4 Å². The average Bonchev–Trinajstić information content (AvgIpc) is 3.98. The molecule has 5 amide bonds. The fourth-order valence-electron chi connectivity index (χ4n) is 11.2. The van der Waals surface area contributed by atoms with Crippen molar-refractivity contribution < 1.29 is 37.8 Å². The number of benzene rings is 3. The summed E-state index contributed by atoms with van der Waals surface area (Å²) in [7, 11) is 2.09. The minimum Gasteiger partial charge on any atom is -0.492 e. The highest BCUT2D eigenvalue weighted by atomic mass is 19.1. The Kier molecular flexibility index (Phi) is 11.7. The van der Waals surface area contributed by atoms with E-state index in [0.29, 0.717) is 41.2 Å². The third kappa shape index (κ3) is 8.27.